The second kappa shape index (κ2) is 6.95. The van der Waals surface area contributed by atoms with E-state index in [9.17, 15) is 4.79 Å². The molecular weight excluding hydrogens is 302 g/mol. The Morgan fingerprint density at radius 1 is 1.56 bits per heavy atom. The van der Waals surface area contributed by atoms with Gasteiger partial charge < -0.3 is 15.3 Å². The van der Waals surface area contributed by atoms with Gasteiger partial charge in [0.05, 0.1) is 11.6 Å². The van der Waals surface area contributed by atoms with Crippen molar-refractivity contribution in [1.29, 1.82) is 0 Å². The molecule has 98 valence electrons. The summed E-state index contributed by atoms with van der Waals surface area (Å²) in [7, 11) is 1.50. The van der Waals surface area contributed by atoms with Gasteiger partial charge in [-0.15, -0.1) is 0 Å². The van der Waals surface area contributed by atoms with E-state index >= 15 is 0 Å². The first-order valence-electron chi connectivity index (χ1n) is 5.26. The van der Waals surface area contributed by atoms with Gasteiger partial charge in [0.25, 0.3) is 0 Å². The van der Waals surface area contributed by atoms with Crippen molar-refractivity contribution in [1.82, 2.24) is 4.98 Å². The maximum atomic E-state index is 11.0. The van der Waals surface area contributed by atoms with Gasteiger partial charge in [-0.2, -0.15) is 0 Å². The number of ether oxygens (including phenoxy) is 1. The van der Waals surface area contributed by atoms with E-state index in [0.29, 0.717) is 22.5 Å². The fraction of sp³-hybridized carbons (Fsp3) is 0.364. The zero-order chi connectivity index (χ0) is 13.5. The molecule has 0 saturated heterocycles. The SMILES string of the molecule is CCC(=O)CO/N=C(\N)c1ccc(Br)c(OC)n1. The van der Waals surface area contributed by atoms with Crippen molar-refractivity contribution in [2.24, 2.45) is 10.9 Å². The Morgan fingerprint density at radius 3 is 2.89 bits per heavy atom. The molecule has 0 aliphatic carbocycles. The Bertz CT molecular complexity index is 463. The van der Waals surface area contributed by atoms with Gasteiger partial charge in [-0.3, -0.25) is 4.79 Å². The minimum atomic E-state index is -0.0924. The number of hydrogen-bond acceptors (Lipinski definition) is 5. The summed E-state index contributed by atoms with van der Waals surface area (Å²) in [5.41, 5.74) is 6.09. The highest BCUT2D eigenvalue weighted by Gasteiger charge is 2.07. The molecule has 1 rings (SSSR count). The molecule has 6 nitrogen and oxygen atoms in total. The predicted molar refractivity (Wildman–Crippen MR) is 70.5 cm³/mol. The van der Waals surface area contributed by atoms with E-state index in [1.165, 1.54) is 7.11 Å². The van der Waals surface area contributed by atoms with Gasteiger partial charge in [0.2, 0.25) is 5.88 Å². The van der Waals surface area contributed by atoms with Crippen molar-refractivity contribution in [3.05, 3.63) is 22.3 Å². The van der Waals surface area contributed by atoms with Gasteiger partial charge in [0, 0.05) is 6.42 Å². The van der Waals surface area contributed by atoms with E-state index in [4.69, 9.17) is 15.3 Å². The van der Waals surface area contributed by atoms with Crippen LogP contribution < -0.4 is 10.5 Å². The van der Waals surface area contributed by atoms with E-state index in [0.717, 1.165) is 0 Å². The zero-order valence-electron chi connectivity index (χ0n) is 10.1. The molecule has 0 bridgehead atoms. The standard InChI is InChI=1S/C11H14BrN3O3/c1-3-7(16)6-18-15-10(13)9-5-4-8(12)11(14-9)17-2/h4-5H,3,6H2,1-2H3,(H2,13,15). The number of hydrogen-bond donors (Lipinski definition) is 1. The van der Waals surface area contributed by atoms with Crippen molar-refractivity contribution in [2.45, 2.75) is 13.3 Å². The minimum Gasteiger partial charge on any atom is -0.480 e. The second-order valence-electron chi connectivity index (χ2n) is 3.33. The highest BCUT2D eigenvalue weighted by molar-refractivity contribution is 9.10. The predicted octanol–water partition coefficient (Wildman–Crippen LogP) is 1.47. The average Bonchev–Trinajstić information content (AvgIpc) is 2.38. The van der Waals surface area contributed by atoms with Crippen molar-refractivity contribution < 1.29 is 14.4 Å². The lowest BCUT2D eigenvalue weighted by atomic mass is 10.3. The van der Waals surface area contributed by atoms with Crippen molar-refractivity contribution in [2.75, 3.05) is 13.7 Å². The molecule has 0 aromatic carbocycles. The Labute approximate surface area is 113 Å². The van der Waals surface area contributed by atoms with Crippen molar-refractivity contribution in [3.8, 4) is 5.88 Å². The van der Waals surface area contributed by atoms with Crippen molar-refractivity contribution >= 4 is 27.5 Å². The lowest BCUT2D eigenvalue weighted by Gasteiger charge is -2.05. The first-order chi connectivity index (χ1) is 8.58. The molecule has 18 heavy (non-hydrogen) atoms. The van der Waals surface area contributed by atoms with Crippen LogP contribution in [0, 0.1) is 0 Å². The molecule has 0 radical (unpaired) electrons. The molecular formula is C11H14BrN3O3. The van der Waals surface area contributed by atoms with E-state index in [1.807, 2.05) is 0 Å². The molecule has 1 aromatic heterocycles. The first kappa shape index (κ1) is 14.4. The summed E-state index contributed by atoms with van der Waals surface area (Å²) in [4.78, 5) is 19.9. The van der Waals surface area contributed by atoms with Crippen LogP contribution in [0.2, 0.25) is 0 Å². The number of nitrogens with zero attached hydrogens (tertiary/aromatic N) is 2. The van der Waals surface area contributed by atoms with Gasteiger partial charge in [0.1, 0.15) is 5.69 Å². The van der Waals surface area contributed by atoms with E-state index in [1.54, 1.807) is 19.1 Å². The summed E-state index contributed by atoms with van der Waals surface area (Å²) < 4.78 is 5.74. The summed E-state index contributed by atoms with van der Waals surface area (Å²) in [5.74, 6) is 0.438. The molecule has 0 saturated carbocycles. The van der Waals surface area contributed by atoms with Crippen LogP contribution in [0.15, 0.2) is 21.8 Å². The number of carbonyl (C=O) groups excluding carboxylic acids is 1. The second-order valence-corrected chi connectivity index (χ2v) is 4.18. The highest BCUT2D eigenvalue weighted by Crippen LogP contribution is 2.21. The van der Waals surface area contributed by atoms with Gasteiger partial charge in [-0.1, -0.05) is 12.1 Å². The number of oxime groups is 1. The number of amidine groups is 1. The quantitative estimate of drug-likeness (QED) is 0.488. The van der Waals surface area contributed by atoms with Crippen LogP contribution in [0.4, 0.5) is 0 Å². The largest absolute Gasteiger partial charge is 0.480 e. The number of pyridine rings is 1. The fourth-order valence-electron chi connectivity index (χ4n) is 1.03. The molecule has 7 heteroatoms. The molecule has 0 atom stereocenters. The molecule has 0 aliphatic rings. The van der Waals surface area contributed by atoms with Crippen LogP contribution in [0.5, 0.6) is 5.88 Å². The molecule has 0 unspecified atom stereocenters. The zero-order valence-corrected chi connectivity index (χ0v) is 11.7. The van der Waals surface area contributed by atoms with E-state index in [2.05, 4.69) is 26.1 Å². The van der Waals surface area contributed by atoms with Crippen LogP contribution >= 0.6 is 15.9 Å². The summed E-state index contributed by atoms with van der Waals surface area (Å²) >= 11 is 3.28. The molecule has 2 N–H and O–H groups in total. The molecule has 1 aromatic rings. The molecule has 0 fully saturated rings. The average molecular weight is 316 g/mol. The number of carbonyl (C=O) groups is 1. The van der Waals surface area contributed by atoms with Gasteiger partial charge in [-0.25, -0.2) is 4.98 Å². The molecule has 0 amide bonds. The number of methoxy groups -OCH3 is 1. The third-order valence-corrected chi connectivity index (χ3v) is 2.66. The Kier molecular flexibility index (Phi) is 5.57. The normalized spacial score (nSPS) is 11.2. The number of halogens is 1. The highest BCUT2D eigenvalue weighted by atomic mass is 79.9. The maximum Gasteiger partial charge on any atom is 0.228 e. The fourth-order valence-corrected chi connectivity index (χ4v) is 1.41. The minimum absolute atomic E-state index is 0.0482. The summed E-state index contributed by atoms with van der Waals surface area (Å²) in [6, 6.07) is 3.40. The molecule has 0 spiro atoms. The summed E-state index contributed by atoms with van der Waals surface area (Å²) in [6.07, 6.45) is 0.403. The number of ketones is 1. The lowest BCUT2D eigenvalue weighted by Crippen LogP contribution is -2.17. The Balaban J connectivity index is 2.74. The third-order valence-electron chi connectivity index (χ3n) is 2.05. The first-order valence-corrected chi connectivity index (χ1v) is 6.05. The monoisotopic (exact) mass is 315 g/mol. The molecule has 0 aliphatic heterocycles. The lowest BCUT2D eigenvalue weighted by molar-refractivity contribution is -0.123. The van der Waals surface area contributed by atoms with Gasteiger partial charge in [0.15, 0.2) is 18.2 Å². The van der Waals surface area contributed by atoms with Crippen molar-refractivity contribution in [3.63, 3.8) is 0 Å². The van der Waals surface area contributed by atoms with Crippen LogP contribution in [-0.4, -0.2) is 30.3 Å². The third kappa shape index (κ3) is 3.99. The Hall–Kier alpha value is -1.63. The van der Waals surface area contributed by atoms with Crippen LogP contribution in [0.3, 0.4) is 0 Å². The number of rotatable bonds is 6. The summed E-state index contributed by atoms with van der Waals surface area (Å²) in [6.45, 7) is 1.66. The molecule has 1 heterocycles. The topological polar surface area (TPSA) is 86.8 Å². The Morgan fingerprint density at radius 2 is 2.28 bits per heavy atom. The van der Waals surface area contributed by atoms with Gasteiger partial charge >= 0.3 is 0 Å². The van der Waals surface area contributed by atoms with Crippen LogP contribution in [-0.2, 0) is 9.63 Å². The van der Waals surface area contributed by atoms with Crippen LogP contribution in [0.1, 0.15) is 19.0 Å². The number of Topliss-reactive ketones (excluding diaryl/α,β-unsaturated/α-hetero) is 1. The maximum absolute atomic E-state index is 11.0. The number of aromatic nitrogens is 1. The van der Waals surface area contributed by atoms with E-state index in [-0.39, 0.29) is 18.2 Å². The van der Waals surface area contributed by atoms with Gasteiger partial charge in [-0.05, 0) is 28.1 Å². The van der Waals surface area contributed by atoms with Crippen LogP contribution in [0.25, 0.3) is 0 Å². The smallest absolute Gasteiger partial charge is 0.228 e. The number of nitrogens with two attached hydrogens (primary N) is 1. The summed E-state index contributed by atoms with van der Waals surface area (Å²) in [5, 5.41) is 3.63. The van der Waals surface area contributed by atoms with E-state index < -0.39 is 0 Å².